The van der Waals surface area contributed by atoms with Gasteiger partial charge >= 0.3 is 0 Å². The second-order valence-electron chi connectivity index (χ2n) is 4.84. The van der Waals surface area contributed by atoms with Crippen molar-refractivity contribution >= 4 is 34.9 Å². The van der Waals surface area contributed by atoms with Gasteiger partial charge in [0.25, 0.3) is 5.69 Å². The first-order valence-corrected chi connectivity index (χ1v) is 7.24. The standard InChI is InChI=1S/C15H14N6O2S/c1-10-11(7-12(8-16)20(10)2)9-17-19-15(24)18-13-5-3-4-6-14(13)21(22)23/h3-7,9H,1-2H3,(H2,18,19,24)/b17-9-. The summed E-state index contributed by atoms with van der Waals surface area (Å²) < 4.78 is 1.76. The molecule has 9 heteroatoms. The zero-order chi connectivity index (χ0) is 17.7. The van der Waals surface area contributed by atoms with E-state index in [0.29, 0.717) is 5.69 Å². The first kappa shape index (κ1) is 17.1. The van der Waals surface area contributed by atoms with Crippen molar-refractivity contribution in [3.63, 3.8) is 0 Å². The second-order valence-corrected chi connectivity index (χ2v) is 5.25. The number of rotatable bonds is 4. The van der Waals surface area contributed by atoms with Crippen LogP contribution in [0, 0.1) is 28.4 Å². The van der Waals surface area contributed by atoms with Crippen LogP contribution in [-0.2, 0) is 7.05 Å². The average molecular weight is 342 g/mol. The monoisotopic (exact) mass is 342 g/mol. The fourth-order valence-corrected chi connectivity index (χ4v) is 2.17. The second kappa shape index (κ2) is 7.34. The van der Waals surface area contributed by atoms with Crippen molar-refractivity contribution < 1.29 is 4.92 Å². The van der Waals surface area contributed by atoms with Crippen molar-refractivity contribution in [2.45, 2.75) is 6.92 Å². The van der Waals surface area contributed by atoms with Gasteiger partial charge in [0.1, 0.15) is 17.5 Å². The van der Waals surface area contributed by atoms with Crippen molar-refractivity contribution in [2.75, 3.05) is 5.32 Å². The van der Waals surface area contributed by atoms with Crippen molar-refractivity contribution in [2.24, 2.45) is 12.1 Å². The lowest BCUT2D eigenvalue weighted by Gasteiger charge is -2.07. The largest absolute Gasteiger partial charge is 0.339 e. The molecular weight excluding hydrogens is 328 g/mol. The minimum atomic E-state index is -0.495. The quantitative estimate of drug-likeness (QED) is 0.382. The lowest BCUT2D eigenvalue weighted by molar-refractivity contribution is -0.383. The lowest BCUT2D eigenvalue weighted by atomic mass is 10.3. The third kappa shape index (κ3) is 3.74. The summed E-state index contributed by atoms with van der Waals surface area (Å²) in [4.78, 5) is 10.5. The van der Waals surface area contributed by atoms with E-state index in [1.165, 1.54) is 12.3 Å². The van der Waals surface area contributed by atoms with E-state index in [1.54, 1.807) is 35.9 Å². The summed E-state index contributed by atoms with van der Waals surface area (Å²) in [5, 5.41) is 26.8. The topological polar surface area (TPSA) is 108 Å². The number of nitro groups is 1. The van der Waals surface area contributed by atoms with Crippen molar-refractivity contribution in [3.05, 3.63) is 57.4 Å². The number of hydrazone groups is 1. The van der Waals surface area contributed by atoms with E-state index in [-0.39, 0.29) is 16.5 Å². The van der Waals surface area contributed by atoms with E-state index in [9.17, 15) is 10.1 Å². The van der Waals surface area contributed by atoms with Crippen LogP contribution in [0.4, 0.5) is 11.4 Å². The first-order valence-electron chi connectivity index (χ1n) is 6.84. The molecule has 0 amide bonds. The Hall–Kier alpha value is -3.25. The molecule has 0 saturated heterocycles. The minimum Gasteiger partial charge on any atom is -0.339 e. The van der Waals surface area contributed by atoms with Crippen LogP contribution in [0.25, 0.3) is 0 Å². The molecule has 0 aliphatic carbocycles. The summed E-state index contributed by atoms with van der Waals surface area (Å²) in [7, 11) is 1.79. The zero-order valence-electron chi connectivity index (χ0n) is 13.0. The van der Waals surface area contributed by atoms with Gasteiger partial charge in [-0.15, -0.1) is 0 Å². The molecule has 0 spiro atoms. The SMILES string of the molecule is Cc1c(/C=N\NC(=S)Nc2ccccc2[N+](=O)[O-])cc(C#N)n1C. The molecule has 0 aliphatic heterocycles. The van der Waals surface area contributed by atoms with Gasteiger partial charge in [-0.05, 0) is 31.3 Å². The van der Waals surface area contributed by atoms with E-state index < -0.39 is 4.92 Å². The molecule has 2 aromatic rings. The Balaban J connectivity index is 2.04. The summed E-state index contributed by atoms with van der Waals surface area (Å²) in [6.45, 7) is 1.87. The maximum absolute atomic E-state index is 10.9. The van der Waals surface area contributed by atoms with E-state index >= 15 is 0 Å². The maximum Gasteiger partial charge on any atom is 0.292 e. The summed E-state index contributed by atoms with van der Waals surface area (Å²) in [5.41, 5.74) is 4.97. The summed E-state index contributed by atoms with van der Waals surface area (Å²) in [5.74, 6) is 0. The highest BCUT2D eigenvalue weighted by atomic mass is 32.1. The van der Waals surface area contributed by atoms with Gasteiger partial charge in [-0.3, -0.25) is 15.5 Å². The number of hydrogen-bond donors (Lipinski definition) is 2. The Morgan fingerprint density at radius 1 is 1.50 bits per heavy atom. The molecule has 0 bridgehead atoms. The predicted molar refractivity (Wildman–Crippen MR) is 94.9 cm³/mol. The minimum absolute atomic E-state index is 0.0804. The number of benzene rings is 1. The molecule has 2 N–H and O–H groups in total. The number of thiocarbonyl (C=S) groups is 1. The van der Waals surface area contributed by atoms with Gasteiger partial charge in [-0.25, -0.2) is 0 Å². The van der Waals surface area contributed by atoms with Crippen molar-refractivity contribution in [1.29, 1.82) is 5.26 Å². The number of nitro benzene ring substituents is 1. The Morgan fingerprint density at radius 3 is 2.83 bits per heavy atom. The van der Waals surface area contributed by atoms with Crippen LogP contribution in [-0.4, -0.2) is 20.8 Å². The molecule has 2 rings (SSSR count). The summed E-state index contributed by atoms with van der Waals surface area (Å²) in [6.07, 6.45) is 1.53. The van der Waals surface area contributed by atoms with E-state index in [1.807, 2.05) is 6.92 Å². The van der Waals surface area contributed by atoms with Crippen LogP contribution in [0.3, 0.4) is 0 Å². The van der Waals surface area contributed by atoms with E-state index in [2.05, 4.69) is 21.9 Å². The van der Waals surface area contributed by atoms with Gasteiger partial charge in [0.2, 0.25) is 0 Å². The fourth-order valence-electron chi connectivity index (χ4n) is 2.01. The van der Waals surface area contributed by atoms with Gasteiger partial charge in [-0.2, -0.15) is 10.4 Å². The smallest absolute Gasteiger partial charge is 0.292 e. The zero-order valence-corrected chi connectivity index (χ0v) is 13.8. The number of nitrogens with zero attached hydrogens (tertiary/aromatic N) is 4. The highest BCUT2D eigenvalue weighted by Gasteiger charge is 2.13. The molecule has 0 fully saturated rings. The number of aromatic nitrogens is 1. The average Bonchev–Trinajstić information content (AvgIpc) is 2.83. The Morgan fingerprint density at radius 2 is 2.21 bits per heavy atom. The Kier molecular flexibility index (Phi) is 5.23. The molecule has 1 aromatic carbocycles. The highest BCUT2D eigenvalue weighted by molar-refractivity contribution is 7.80. The first-order chi connectivity index (χ1) is 11.4. The van der Waals surface area contributed by atoms with Crippen LogP contribution in [0.2, 0.25) is 0 Å². The van der Waals surface area contributed by atoms with Gasteiger partial charge < -0.3 is 9.88 Å². The number of para-hydroxylation sites is 2. The number of nitriles is 1. The maximum atomic E-state index is 10.9. The van der Waals surface area contributed by atoms with Crippen LogP contribution in [0.1, 0.15) is 17.0 Å². The normalized spacial score (nSPS) is 10.4. The molecule has 1 aromatic heterocycles. The third-order valence-corrected chi connectivity index (χ3v) is 3.60. The molecule has 0 atom stereocenters. The molecular formula is C15H14N6O2S. The molecule has 0 saturated carbocycles. The van der Waals surface area contributed by atoms with Gasteiger partial charge in [0.15, 0.2) is 5.11 Å². The fraction of sp³-hybridized carbons (Fsp3) is 0.133. The highest BCUT2D eigenvalue weighted by Crippen LogP contribution is 2.22. The van der Waals surface area contributed by atoms with E-state index in [4.69, 9.17) is 17.5 Å². The molecule has 24 heavy (non-hydrogen) atoms. The Labute approximate surface area is 143 Å². The molecule has 8 nitrogen and oxygen atoms in total. The predicted octanol–water partition coefficient (Wildman–Crippen LogP) is 2.43. The van der Waals surface area contributed by atoms with Crippen LogP contribution >= 0.6 is 12.2 Å². The molecule has 0 unspecified atom stereocenters. The van der Waals surface area contributed by atoms with Crippen LogP contribution in [0.15, 0.2) is 35.4 Å². The molecule has 1 heterocycles. The molecule has 0 radical (unpaired) electrons. The van der Waals surface area contributed by atoms with Crippen molar-refractivity contribution in [3.8, 4) is 6.07 Å². The number of hydrogen-bond acceptors (Lipinski definition) is 5. The molecule has 0 aliphatic rings. The van der Waals surface area contributed by atoms with Crippen LogP contribution in [0.5, 0.6) is 0 Å². The third-order valence-electron chi connectivity index (χ3n) is 3.41. The lowest BCUT2D eigenvalue weighted by Crippen LogP contribution is -2.24. The molecule has 122 valence electrons. The number of anilines is 1. The van der Waals surface area contributed by atoms with Crippen molar-refractivity contribution in [1.82, 2.24) is 9.99 Å². The summed E-state index contributed by atoms with van der Waals surface area (Å²) >= 11 is 5.07. The summed E-state index contributed by atoms with van der Waals surface area (Å²) in [6, 6.07) is 9.96. The van der Waals surface area contributed by atoms with Gasteiger partial charge in [-0.1, -0.05) is 12.1 Å². The van der Waals surface area contributed by atoms with Gasteiger partial charge in [0, 0.05) is 24.4 Å². The Bertz CT molecular complexity index is 865. The van der Waals surface area contributed by atoms with Gasteiger partial charge in [0.05, 0.1) is 11.1 Å². The number of nitrogens with one attached hydrogen (secondary N) is 2. The van der Waals surface area contributed by atoms with E-state index in [0.717, 1.165) is 11.3 Å². The van der Waals surface area contributed by atoms with Crippen LogP contribution < -0.4 is 10.7 Å².